The molecule has 1 fully saturated rings. The molecule has 1 unspecified atom stereocenters. The lowest BCUT2D eigenvalue weighted by molar-refractivity contribution is 0.0524. The van der Waals surface area contributed by atoms with Crippen LogP contribution in [0.5, 0.6) is 5.88 Å². The minimum absolute atomic E-state index is 0.0331. The minimum Gasteiger partial charge on any atom is -0.472 e. The maximum Gasteiger partial charge on any atom is 0.254 e. The Morgan fingerprint density at radius 1 is 1.37 bits per heavy atom. The van der Waals surface area contributed by atoms with E-state index in [2.05, 4.69) is 16.9 Å². The van der Waals surface area contributed by atoms with Gasteiger partial charge >= 0.3 is 0 Å². The van der Waals surface area contributed by atoms with E-state index in [1.165, 1.54) is 0 Å². The number of carbonyl (C=O) groups is 1. The van der Waals surface area contributed by atoms with Crippen LogP contribution in [0.4, 0.5) is 0 Å². The van der Waals surface area contributed by atoms with Crippen LogP contribution in [-0.4, -0.2) is 53.2 Å². The molecule has 2 aromatic rings. The average molecular weight is 388 g/mol. The Hall–Kier alpha value is -1.99. The quantitative estimate of drug-likeness (QED) is 0.807. The Balaban J connectivity index is 1.52. The van der Waals surface area contributed by atoms with Crippen LogP contribution in [0.25, 0.3) is 0 Å². The van der Waals surface area contributed by atoms with Crippen molar-refractivity contribution >= 4 is 17.2 Å². The van der Waals surface area contributed by atoms with E-state index >= 15 is 0 Å². The first-order chi connectivity index (χ1) is 13.2. The molecule has 7 heteroatoms. The van der Waals surface area contributed by atoms with Gasteiger partial charge in [0.1, 0.15) is 11.9 Å². The molecular formula is C20H25N3O3S. The van der Waals surface area contributed by atoms with E-state index in [-0.39, 0.29) is 12.0 Å². The molecule has 1 atom stereocenters. The maximum absolute atomic E-state index is 12.7. The van der Waals surface area contributed by atoms with Crippen LogP contribution in [0.1, 0.15) is 47.2 Å². The van der Waals surface area contributed by atoms with Gasteiger partial charge in [0, 0.05) is 36.8 Å². The molecule has 27 heavy (non-hydrogen) atoms. The fourth-order valence-corrected chi connectivity index (χ4v) is 4.29. The molecule has 4 rings (SSSR count). The number of likely N-dealkylation sites (tertiary alicyclic amines) is 1. The van der Waals surface area contributed by atoms with Gasteiger partial charge in [0.05, 0.1) is 31.0 Å². The summed E-state index contributed by atoms with van der Waals surface area (Å²) in [5.74, 6) is 1.60. The summed E-state index contributed by atoms with van der Waals surface area (Å²) >= 11 is 1.55. The number of amides is 1. The molecule has 1 saturated heterocycles. The Morgan fingerprint density at radius 2 is 2.26 bits per heavy atom. The van der Waals surface area contributed by atoms with E-state index in [9.17, 15) is 4.79 Å². The molecule has 0 N–H and O–H groups in total. The van der Waals surface area contributed by atoms with Crippen LogP contribution in [0.15, 0.2) is 16.8 Å². The second-order valence-corrected chi connectivity index (χ2v) is 7.76. The van der Waals surface area contributed by atoms with Crippen molar-refractivity contribution in [3.8, 4) is 5.88 Å². The predicted molar refractivity (Wildman–Crippen MR) is 104 cm³/mol. The van der Waals surface area contributed by atoms with Gasteiger partial charge in [-0.05, 0) is 24.3 Å². The van der Waals surface area contributed by atoms with Gasteiger partial charge in [-0.15, -0.1) is 0 Å². The molecule has 0 saturated carbocycles. The molecule has 0 spiro atoms. The Bertz CT molecular complexity index is 794. The summed E-state index contributed by atoms with van der Waals surface area (Å²) in [4.78, 5) is 23.9. The molecule has 1 amide bonds. The molecule has 4 heterocycles. The van der Waals surface area contributed by atoms with Gasteiger partial charge in [-0.2, -0.15) is 16.3 Å². The molecule has 0 bridgehead atoms. The van der Waals surface area contributed by atoms with E-state index < -0.39 is 0 Å². The van der Waals surface area contributed by atoms with Crippen LogP contribution < -0.4 is 4.74 Å². The topological polar surface area (TPSA) is 64.5 Å². The number of nitrogens with zero attached hydrogens (tertiary/aromatic N) is 3. The van der Waals surface area contributed by atoms with Crippen LogP contribution in [0, 0.1) is 0 Å². The highest BCUT2D eigenvalue weighted by atomic mass is 32.1. The molecule has 0 aromatic carbocycles. The third-order valence-corrected chi connectivity index (χ3v) is 5.79. The van der Waals surface area contributed by atoms with Crippen LogP contribution in [0.3, 0.4) is 0 Å². The third-order valence-electron chi connectivity index (χ3n) is 5.11. The highest BCUT2D eigenvalue weighted by molar-refractivity contribution is 7.08. The van der Waals surface area contributed by atoms with Crippen molar-refractivity contribution in [1.29, 1.82) is 0 Å². The van der Waals surface area contributed by atoms with E-state index in [0.29, 0.717) is 25.6 Å². The van der Waals surface area contributed by atoms with Gasteiger partial charge in [-0.25, -0.2) is 4.98 Å². The number of hydrogen-bond donors (Lipinski definition) is 0. The van der Waals surface area contributed by atoms with Crippen molar-refractivity contribution < 1.29 is 14.3 Å². The number of rotatable bonds is 4. The zero-order valence-corrected chi connectivity index (χ0v) is 16.5. The van der Waals surface area contributed by atoms with Gasteiger partial charge in [0.2, 0.25) is 5.88 Å². The van der Waals surface area contributed by atoms with Gasteiger partial charge < -0.3 is 14.4 Å². The van der Waals surface area contributed by atoms with Gasteiger partial charge in [0.15, 0.2) is 0 Å². The van der Waals surface area contributed by atoms with E-state index in [1.807, 2.05) is 21.7 Å². The van der Waals surface area contributed by atoms with E-state index in [4.69, 9.17) is 9.47 Å². The van der Waals surface area contributed by atoms with Gasteiger partial charge in [-0.1, -0.05) is 6.92 Å². The van der Waals surface area contributed by atoms with Gasteiger partial charge in [0.25, 0.3) is 5.91 Å². The number of aromatic nitrogens is 2. The molecule has 0 aliphatic carbocycles. The van der Waals surface area contributed by atoms with Crippen LogP contribution in [0.2, 0.25) is 0 Å². The first-order valence-corrected chi connectivity index (χ1v) is 10.6. The summed E-state index contributed by atoms with van der Waals surface area (Å²) in [6.45, 7) is 4.81. The normalized spacial score (nSPS) is 20.0. The highest BCUT2D eigenvalue weighted by Crippen LogP contribution is 2.26. The summed E-state index contributed by atoms with van der Waals surface area (Å²) in [6, 6.07) is 1.88. The standard InChI is InChI=1S/C20H25N3O3S/c1-2-18-21-17-6-10-25-9-5-16(17)19(22-18)26-15-4-3-8-23(12-15)20(24)14-7-11-27-13-14/h7,11,13,15H,2-6,8-10,12H2,1H3. The Morgan fingerprint density at radius 3 is 3.07 bits per heavy atom. The molecule has 2 aliphatic heterocycles. The second-order valence-electron chi connectivity index (χ2n) is 6.98. The average Bonchev–Trinajstić information content (AvgIpc) is 3.13. The first-order valence-electron chi connectivity index (χ1n) is 9.69. The van der Waals surface area contributed by atoms with Gasteiger partial charge in [-0.3, -0.25) is 4.79 Å². The molecule has 2 aromatic heterocycles. The first kappa shape index (κ1) is 18.4. The van der Waals surface area contributed by atoms with Crippen molar-refractivity contribution in [3.05, 3.63) is 39.5 Å². The molecule has 6 nitrogen and oxygen atoms in total. The summed E-state index contributed by atoms with van der Waals surface area (Å²) in [7, 11) is 0. The number of fused-ring (bicyclic) bond motifs is 1. The number of ether oxygens (including phenoxy) is 2. The molecule has 144 valence electrons. The summed E-state index contributed by atoms with van der Waals surface area (Å²) in [6.07, 6.45) is 4.20. The van der Waals surface area contributed by atoms with Crippen molar-refractivity contribution in [2.75, 3.05) is 26.3 Å². The fraction of sp³-hybridized carbons (Fsp3) is 0.550. The minimum atomic E-state index is -0.0331. The lowest BCUT2D eigenvalue weighted by atomic mass is 10.1. The highest BCUT2D eigenvalue weighted by Gasteiger charge is 2.28. The van der Waals surface area contributed by atoms with Crippen molar-refractivity contribution in [2.24, 2.45) is 0 Å². The van der Waals surface area contributed by atoms with Crippen molar-refractivity contribution in [2.45, 2.75) is 45.1 Å². The monoisotopic (exact) mass is 387 g/mol. The summed E-state index contributed by atoms with van der Waals surface area (Å²) in [5, 5.41) is 3.85. The van der Waals surface area contributed by atoms with Crippen LogP contribution in [-0.2, 0) is 24.0 Å². The van der Waals surface area contributed by atoms with E-state index in [1.54, 1.807) is 11.3 Å². The number of thiophene rings is 1. The number of piperidine rings is 1. The SMILES string of the molecule is CCc1nc2c(c(OC3CCCN(C(=O)c4ccsc4)C3)n1)CCOCC2. The second kappa shape index (κ2) is 8.35. The molecular weight excluding hydrogens is 362 g/mol. The van der Waals surface area contributed by atoms with Crippen LogP contribution >= 0.6 is 11.3 Å². The molecule has 2 aliphatic rings. The smallest absolute Gasteiger partial charge is 0.254 e. The lowest BCUT2D eigenvalue weighted by Crippen LogP contribution is -2.44. The molecule has 0 radical (unpaired) electrons. The Kier molecular flexibility index (Phi) is 5.69. The number of aryl methyl sites for hydroxylation is 1. The number of hydrogen-bond acceptors (Lipinski definition) is 6. The lowest BCUT2D eigenvalue weighted by Gasteiger charge is -2.33. The summed E-state index contributed by atoms with van der Waals surface area (Å²) in [5.41, 5.74) is 2.89. The fourth-order valence-electron chi connectivity index (χ4n) is 3.66. The van der Waals surface area contributed by atoms with Crippen molar-refractivity contribution in [3.63, 3.8) is 0 Å². The third kappa shape index (κ3) is 4.14. The maximum atomic E-state index is 12.7. The Labute approximate surface area is 163 Å². The zero-order valence-electron chi connectivity index (χ0n) is 15.6. The summed E-state index contributed by atoms with van der Waals surface area (Å²) < 4.78 is 12.0. The van der Waals surface area contributed by atoms with Crippen molar-refractivity contribution in [1.82, 2.24) is 14.9 Å². The largest absolute Gasteiger partial charge is 0.472 e. The zero-order chi connectivity index (χ0) is 18.6. The number of carbonyl (C=O) groups excluding carboxylic acids is 1. The van der Waals surface area contributed by atoms with E-state index in [0.717, 1.165) is 61.3 Å². The predicted octanol–water partition coefficient (Wildman–Crippen LogP) is 2.90.